The molecular weight excluding hydrogens is 466 g/mol. The van der Waals surface area contributed by atoms with E-state index >= 15 is 0 Å². The number of hydrazine groups is 1. The summed E-state index contributed by atoms with van der Waals surface area (Å²) in [5, 5.41) is 2.46. The molecule has 0 bridgehead atoms. The highest BCUT2D eigenvalue weighted by Crippen LogP contribution is 2.29. The van der Waals surface area contributed by atoms with Crippen molar-refractivity contribution in [2.45, 2.75) is 0 Å². The number of benzene rings is 3. The molecule has 6 nitrogen and oxygen atoms in total. The molecule has 0 heterocycles. The van der Waals surface area contributed by atoms with Crippen LogP contribution in [0, 0.1) is 0 Å². The summed E-state index contributed by atoms with van der Waals surface area (Å²) < 4.78 is 6.30. The van der Waals surface area contributed by atoms with Gasteiger partial charge in [-0.3, -0.25) is 25.8 Å². The molecule has 0 aliphatic carbocycles. The van der Waals surface area contributed by atoms with E-state index in [1.165, 1.54) is 0 Å². The maximum Gasteiger partial charge on any atom is 0.276 e. The number of thiocarbonyl (C=S) groups is 1. The van der Waals surface area contributed by atoms with Gasteiger partial charge >= 0.3 is 0 Å². The van der Waals surface area contributed by atoms with E-state index in [4.69, 9.17) is 17.0 Å². The maximum absolute atomic E-state index is 12.2. The van der Waals surface area contributed by atoms with Crippen LogP contribution in [0.4, 0.5) is 0 Å². The number of carbonyl (C=O) groups excluding carboxylic acids is 2. The van der Waals surface area contributed by atoms with Gasteiger partial charge in [-0.25, -0.2) is 0 Å². The lowest BCUT2D eigenvalue weighted by Crippen LogP contribution is -2.49. The van der Waals surface area contributed by atoms with Gasteiger partial charge in [0.25, 0.3) is 11.8 Å². The SMILES string of the molecule is O=C(COc1ccccc1-c1ccccc1)NNC(=S)NC(=O)c1ccccc1Br. The minimum atomic E-state index is -0.449. The summed E-state index contributed by atoms with van der Waals surface area (Å²) in [6, 6.07) is 24.1. The molecule has 0 spiro atoms. The van der Waals surface area contributed by atoms with Gasteiger partial charge in [0.05, 0.1) is 5.56 Å². The van der Waals surface area contributed by atoms with Crippen LogP contribution in [0.25, 0.3) is 11.1 Å². The molecule has 0 aromatic heterocycles. The third kappa shape index (κ3) is 5.88. The van der Waals surface area contributed by atoms with Crippen molar-refractivity contribution in [1.82, 2.24) is 16.2 Å². The molecule has 0 fully saturated rings. The zero-order chi connectivity index (χ0) is 21.3. The van der Waals surface area contributed by atoms with Crippen molar-refractivity contribution in [3.63, 3.8) is 0 Å². The molecule has 8 heteroatoms. The minimum absolute atomic E-state index is 0.0335. The highest BCUT2D eigenvalue weighted by atomic mass is 79.9. The molecule has 0 atom stereocenters. The molecule has 2 amide bonds. The van der Waals surface area contributed by atoms with Gasteiger partial charge in [0.15, 0.2) is 11.7 Å². The largest absolute Gasteiger partial charge is 0.483 e. The summed E-state index contributed by atoms with van der Waals surface area (Å²) in [6.07, 6.45) is 0. The number of nitrogens with one attached hydrogen (secondary N) is 3. The molecule has 0 aliphatic heterocycles. The lowest BCUT2D eigenvalue weighted by atomic mass is 10.1. The summed E-state index contributed by atoms with van der Waals surface area (Å²) >= 11 is 8.34. The second-order valence-electron chi connectivity index (χ2n) is 6.09. The first-order chi connectivity index (χ1) is 14.5. The van der Waals surface area contributed by atoms with Gasteiger partial charge in [-0.15, -0.1) is 0 Å². The Balaban J connectivity index is 1.50. The maximum atomic E-state index is 12.2. The average Bonchev–Trinajstić information content (AvgIpc) is 2.77. The Morgan fingerprint density at radius 1 is 0.867 bits per heavy atom. The standard InChI is InChI=1S/C22H18BrN3O3S/c23-18-12-6-4-11-17(18)21(28)24-22(30)26-25-20(27)14-29-19-13-7-5-10-16(19)15-8-2-1-3-9-15/h1-13H,14H2,(H,25,27)(H2,24,26,28,30). The monoisotopic (exact) mass is 483 g/mol. The highest BCUT2D eigenvalue weighted by molar-refractivity contribution is 9.10. The van der Waals surface area contributed by atoms with Crippen LogP contribution < -0.4 is 20.9 Å². The zero-order valence-corrected chi connectivity index (χ0v) is 18.1. The first kappa shape index (κ1) is 21.5. The molecule has 0 saturated heterocycles. The molecule has 3 N–H and O–H groups in total. The van der Waals surface area contributed by atoms with Gasteiger partial charge in [-0.2, -0.15) is 0 Å². The van der Waals surface area contributed by atoms with Crippen LogP contribution in [0.15, 0.2) is 83.3 Å². The number of hydrogen-bond donors (Lipinski definition) is 3. The van der Waals surface area contributed by atoms with E-state index in [1.807, 2.05) is 48.5 Å². The highest BCUT2D eigenvalue weighted by Gasteiger charge is 2.12. The van der Waals surface area contributed by atoms with Crippen molar-refractivity contribution in [3.05, 3.63) is 88.9 Å². The minimum Gasteiger partial charge on any atom is -0.483 e. The zero-order valence-electron chi connectivity index (χ0n) is 15.7. The number of amides is 2. The second kappa shape index (κ2) is 10.5. The smallest absolute Gasteiger partial charge is 0.276 e. The van der Waals surface area contributed by atoms with Crippen molar-refractivity contribution in [3.8, 4) is 16.9 Å². The fourth-order valence-electron chi connectivity index (χ4n) is 2.60. The summed E-state index contributed by atoms with van der Waals surface area (Å²) in [4.78, 5) is 24.3. The first-order valence-corrected chi connectivity index (χ1v) is 10.2. The molecule has 3 aromatic rings. The quantitative estimate of drug-likeness (QED) is 0.379. The normalized spacial score (nSPS) is 10.0. The van der Waals surface area contributed by atoms with E-state index in [-0.39, 0.29) is 11.7 Å². The fourth-order valence-corrected chi connectivity index (χ4v) is 3.21. The number of halogens is 1. The van der Waals surface area contributed by atoms with Crippen molar-refractivity contribution < 1.29 is 14.3 Å². The van der Waals surface area contributed by atoms with Crippen LogP contribution >= 0.6 is 28.1 Å². The van der Waals surface area contributed by atoms with Gasteiger partial charge in [0.2, 0.25) is 0 Å². The van der Waals surface area contributed by atoms with Gasteiger partial charge in [0.1, 0.15) is 5.75 Å². The van der Waals surface area contributed by atoms with E-state index in [1.54, 1.807) is 30.3 Å². The number of ether oxygens (including phenoxy) is 1. The van der Waals surface area contributed by atoms with E-state index in [0.717, 1.165) is 11.1 Å². The van der Waals surface area contributed by atoms with Crippen molar-refractivity contribution in [1.29, 1.82) is 0 Å². The molecule has 3 aromatic carbocycles. The molecule has 152 valence electrons. The van der Waals surface area contributed by atoms with Crippen LogP contribution in [0.2, 0.25) is 0 Å². The molecule has 0 aliphatic rings. The van der Waals surface area contributed by atoms with Crippen LogP contribution in [-0.2, 0) is 4.79 Å². The predicted molar refractivity (Wildman–Crippen MR) is 123 cm³/mol. The molecule has 0 saturated carbocycles. The van der Waals surface area contributed by atoms with E-state index in [0.29, 0.717) is 15.8 Å². The van der Waals surface area contributed by atoms with E-state index < -0.39 is 11.8 Å². The summed E-state index contributed by atoms with van der Waals surface area (Å²) in [6.45, 7) is -0.225. The topological polar surface area (TPSA) is 79.5 Å². The van der Waals surface area contributed by atoms with Crippen molar-refractivity contribution in [2.24, 2.45) is 0 Å². The first-order valence-electron chi connectivity index (χ1n) is 8.96. The molecule has 3 rings (SSSR count). The Morgan fingerprint density at radius 2 is 1.53 bits per heavy atom. The second-order valence-corrected chi connectivity index (χ2v) is 7.35. The summed E-state index contributed by atoms with van der Waals surface area (Å²) in [7, 11) is 0. The summed E-state index contributed by atoms with van der Waals surface area (Å²) in [5.74, 6) is -0.263. The number of hydrogen-bond acceptors (Lipinski definition) is 4. The summed E-state index contributed by atoms with van der Waals surface area (Å²) in [5.41, 5.74) is 7.19. The third-order valence-corrected chi connectivity index (χ3v) is 4.89. The number of carbonyl (C=O) groups is 2. The molecule has 0 unspecified atom stereocenters. The third-order valence-electron chi connectivity index (χ3n) is 3.99. The van der Waals surface area contributed by atoms with Gasteiger partial charge in [-0.1, -0.05) is 60.7 Å². The lowest BCUT2D eigenvalue weighted by molar-refractivity contribution is -0.123. The molecule has 30 heavy (non-hydrogen) atoms. The van der Waals surface area contributed by atoms with Crippen LogP contribution in [0.3, 0.4) is 0 Å². The van der Waals surface area contributed by atoms with Crippen LogP contribution in [-0.4, -0.2) is 23.5 Å². The Kier molecular flexibility index (Phi) is 7.53. The van der Waals surface area contributed by atoms with E-state index in [9.17, 15) is 9.59 Å². The molecular formula is C22H18BrN3O3S. The number of rotatable bonds is 5. The Morgan fingerprint density at radius 3 is 2.30 bits per heavy atom. The van der Waals surface area contributed by atoms with Gasteiger partial charge in [0, 0.05) is 10.0 Å². The van der Waals surface area contributed by atoms with E-state index in [2.05, 4.69) is 32.1 Å². The van der Waals surface area contributed by atoms with Crippen LogP contribution in [0.5, 0.6) is 5.75 Å². The predicted octanol–water partition coefficient (Wildman–Crippen LogP) is 3.83. The van der Waals surface area contributed by atoms with Crippen molar-refractivity contribution in [2.75, 3.05) is 6.61 Å². The Hall–Kier alpha value is -3.23. The fraction of sp³-hybridized carbons (Fsp3) is 0.0455. The van der Waals surface area contributed by atoms with Gasteiger partial charge in [-0.05, 0) is 51.9 Å². The lowest BCUT2D eigenvalue weighted by Gasteiger charge is -2.13. The number of para-hydroxylation sites is 1. The van der Waals surface area contributed by atoms with Crippen molar-refractivity contribution >= 4 is 45.1 Å². The Bertz CT molecular complexity index is 1060. The average molecular weight is 484 g/mol. The van der Waals surface area contributed by atoms with Gasteiger partial charge < -0.3 is 4.74 Å². The molecule has 0 radical (unpaired) electrons. The Labute approximate surface area is 187 Å². The van der Waals surface area contributed by atoms with Crippen LogP contribution in [0.1, 0.15) is 10.4 Å².